The van der Waals surface area contributed by atoms with E-state index >= 15 is 0 Å². The van der Waals surface area contributed by atoms with E-state index in [0.29, 0.717) is 34.7 Å². The molecule has 3 atom stereocenters. The van der Waals surface area contributed by atoms with Crippen LogP contribution in [0.1, 0.15) is 49.9 Å². The van der Waals surface area contributed by atoms with E-state index in [2.05, 4.69) is 11.0 Å². The molecule has 2 aliphatic heterocycles. The first-order valence-electron chi connectivity index (χ1n) is 11.9. The molecule has 0 amide bonds. The van der Waals surface area contributed by atoms with Crippen molar-refractivity contribution in [2.75, 3.05) is 24.6 Å². The molecule has 6 rings (SSSR count). The lowest BCUT2D eigenvalue weighted by atomic mass is 9.91. The first kappa shape index (κ1) is 22.3. The average molecular weight is 492 g/mol. The number of alkyl halides is 3. The number of hydrogen-bond acceptors (Lipinski definition) is 4. The van der Waals surface area contributed by atoms with Crippen molar-refractivity contribution in [2.24, 2.45) is 11.3 Å². The molecule has 2 aromatic rings. The number of hydrogen-bond donors (Lipinski definition) is 0. The predicted molar refractivity (Wildman–Crippen MR) is 123 cm³/mol. The average Bonchev–Trinajstić information content (AvgIpc) is 3.18. The van der Waals surface area contributed by atoms with E-state index in [1.807, 2.05) is 24.6 Å². The van der Waals surface area contributed by atoms with Gasteiger partial charge in [0.05, 0.1) is 22.8 Å². The number of sulfone groups is 1. The Morgan fingerprint density at radius 1 is 1.18 bits per heavy atom. The largest absolute Gasteiger partial charge is 0.416 e. The van der Waals surface area contributed by atoms with Crippen molar-refractivity contribution in [3.8, 4) is 11.3 Å². The minimum absolute atomic E-state index is 0.0281. The van der Waals surface area contributed by atoms with Crippen LogP contribution in [0.25, 0.3) is 11.3 Å². The van der Waals surface area contributed by atoms with Gasteiger partial charge in [-0.1, -0.05) is 23.8 Å². The molecule has 9 heteroatoms. The fourth-order valence-corrected chi connectivity index (χ4v) is 8.70. The molecule has 34 heavy (non-hydrogen) atoms. The Kier molecular flexibility index (Phi) is 4.73. The lowest BCUT2D eigenvalue weighted by Gasteiger charge is -2.38. The van der Waals surface area contributed by atoms with E-state index in [1.165, 1.54) is 17.7 Å². The molecule has 2 aliphatic carbocycles. The maximum atomic E-state index is 13.2. The Labute approximate surface area is 197 Å². The number of aromatic nitrogens is 2. The molecule has 1 aromatic carbocycles. The topological polar surface area (TPSA) is 55.2 Å². The second kappa shape index (κ2) is 7.20. The molecule has 2 saturated heterocycles. The van der Waals surface area contributed by atoms with Crippen molar-refractivity contribution in [1.82, 2.24) is 14.7 Å². The summed E-state index contributed by atoms with van der Waals surface area (Å²) in [6.07, 6.45) is -0.0563. The number of allylic oxidation sites excluding steroid dienone is 1. The van der Waals surface area contributed by atoms with E-state index in [-0.39, 0.29) is 17.4 Å². The van der Waals surface area contributed by atoms with Gasteiger partial charge in [0.2, 0.25) is 0 Å². The Bertz CT molecular complexity index is 1280. The number of fused-ring (bicyclic) bond motifs is 1. The van der Waals surface area contributed by atoms with E-state index in [0.717, 1.165) is 37.7 Å². The Morgan fingerprint density at radius 2 is 1.94 bits per heavy atom. The van der Waals surface area contributed by atoms with E-state index in [1.54, 1.807) is 6.07 Å². The van der Waals surface area contributed by atoms with Crippen LogP contribution in [0.2, 0.25) is 0 Å². The summed E-state index contributed by atoms with van der Waals surface area (Å²) in [6, 6.07) is 7.78. The maximum absolute atomic E-state index is 13.2. The zero-order chi connectivity index (χ0) is 24.0. The van der Waals surface area contributed by atoms with Crippen LogP contribution in [0, 0.1) is 11.3 Å². The molecule has 0 N–H and O–H groups in total. The number of halogens is 3. The van der Waals surface area contributed by atoms with Crippen LogP contribution >= 0.6 is 0 Å². The lowest BCUT2D eigenvalue weighted by Crippen LogP contribution is -2.50. The van der Waals surface area contributed by atoms with E-state index in [9.17, 15) is 21.6 Å². The molecule has 0 bridgehead atoms. The Hall–Kier alpha value is -2.13. The highest BCUT2D eigenvalue weighted by atomic mass is 32.2. The van der Waals surface area contributed by atoms with Gasteiger partial charge in [0, 0.05) is 41.2 Å². The van der Waals surface area contributed by atoms with Gasteiger partial charge in [0.1, 0.15) is 0 Å². The molecule has 3 fully saturated rings. The molecule has 1 spiro atoms. The second-order valence-corrected chi connectivity index (χ2v) is 12.9. The third kappa shape index (κ3) is 3.63. The molecule has 4 aliphatic rings. The van der Waals surface area contributed by atoms with Crippen LogP contribution in [-0.4, -0.2) is 53.7 Å². The molecule has 1 aromatic heterocycles. The van der Waals surface area contributed by atoms with Crippen molar-refractivity contribution >= 4 is 9.84 Å². The first-order chi connectivity index (χ1) is 15.9. The van der Waals surface area contributed by atoms with Gasteiger partial charge in [-0.3, -0.25) is 9.58 Å². The summed E-state index contributed by atoms with van der Waals surface area (Å²) >= 11 is 0. The third-order valence-corrected chi connectivity index (χ3v) is 10.1. The first-order valence-corrected chi connectivity index (χ1v) is 13.7. The molecular weight excluding hydrogens is 463 g/mol. The number of benzene rings is 1. The number of likely N-dealkylation sites (tertiary alicyclic amines) is 1. The van der Waals surface area contributed by atoms with E-state index in [4.69, 9.17) is 5.10 Å². The van der Waals surface area contributed by atoms with Gasteiger partial charge >= 0.3 is 6.18 Å². The van der Waals surface area contributed by atoms with Crippen LogP contribution in [0.5, 0.6) is 0 Å². The quantitative estimate of drug-likeness (QED) is 0.583. The van der Waals surface area contributed by atoms with Gasteiger partial charge in [0.25, 0.3) is 0 Å². The summed E-state index contributed by atoms with van der Waals surface area (Å²) in [6.45, 7) is 5.89. The summed E-state index contributed by atoms with van der Waals surface area (Å²) < 4.78 is 65.0. The summed E-state index contributed by atoms with van der Waals surface area (Å²) in [5.41, 5.74) is 2.82. The highest BCUT2D eigenvalue weighted by Gasteiger charge is 2.56. The standard InChI is InChI=1S/C25H28F3N3O2S/c1-15(2)31-22(11-21(29-31)16-4-3-5-17(8-16)25(26,27)28)23-19-9-18(10-20(19)23)30-7-6-24(12-30)13-34(32,33)14-24/h3-5,8-9,11,15,18,20,23H,6-7,10,12-14H2,1-2H3/t18-,20+,23+/m1/s1. The highest BCUT2D eigenvalue weighted by molar-refractivity contribution is 7.92. The van der Waals surface area contributed by atoms with Crippen LogP contribution in [0.3, 0.4) is 0 Å². The third-order valence-electron chi connectivity index (χ3n) is 8.01. The van der Waals surface area contributed by atoms with Crippen LogP contribution < -0.4 is 0 Å². The fourth-order valence-electron chi connectivity index (χ4n) is 6.45. The SMILES string of the molecule is CC(C)n1nc(-c2cccc(C(F)(F)F)c2)cc1[C@H]1C2=C[C@@H](N3CCC4(C3)CS(=O)(=O)C4)C[C@@H]21. The van der Waals surface area contributed by atoms with Crippen LogP contribution in [0.4, 0.5) is 13.2 Å². The zero-order valence-corrected chi connectivity index (χ0v) is 20.0. The van der Waals surface area contributed by atoms with Gasteiger partial charge in [-0.25, -0.2) is 8.42 Å². The number of rotatable bonds is 4. The van der Waals surface area contributed by atoms with Gasteiger partial charge in [-0.2, -0.15) is 18.3 Å². The van der Waals surface area contributed by atoms with Crippen molar-refractivity contribution in [2.45, 2.75) is 50.9 Å². The van der Waals surface area contributed by atoms with E-state index < -0.39 is 21.6 Å². The molecule has 1 saturated carbocycles. The molecule has 0 radical (unpaired) electrons. The summed E-state index contributed by atoms with van der Waals surface area (Å²) in [5.74, 6) is 1.37. The Morgan fingerprint density at radius 3 is 2.56 bits per heavy atom. The molecule has 5 nitrogen and oxygen atoms in total. The van der Waals surface area contributed by atoms with Gasteiger partial charge in [0.15, 0.2) is 9.84 Å². The summed E-state index contributed by atoms with van der Waals surface area (Å²) in [4.78, 5) is 2.44. The highest BCUT2D eigenvalue weighted by Crippen LogP contribution is 2.61. The van der Waals surface area contributed by atoms with Crippen molar-refractivity contribution in [3.63, 3.8) is 0 Å². The van der Waals surface area contributed by atoms with Crippen LogP contribution in [-0.2, 0) is 16.0 Å². The smallest absolute Gasteiger partial charge is 0.296 e. The lowest BCUT2D eigenvalue weighted by molar-refractivity contribution is -0.137. The van der Waals surface area contributed by atoms with Crippen molar-refractivity contribution < 1.29 is 21.6 Å². The van der Waals surface area contributed by atoms with Crippen LogP contribution in [0.15, 0.2) is 42.0 Å². The normalized spacial score (nSPS) is 29.4. The minimum Gasteiger partial charge on any atom is -0.296 e. The summed E-state index contributed by atoms with van der Waals surface area (Å²) in [7, 11) is -2.83. The molecule has 0 unspecified atom stereocenters. The fraction of sp³-hybridized carbons (Fsp3) is 0.560. The minimum atomic E-state index is -4.38. The molecule has 182 valence electrons. The predicted octanol–water partition coefficient (Wildman–Crippen LogP) is 4.68. The monoisotopic (exact) mass is 491 g/mol. The van der Waals surface area contributed by atoms with Gasteiger partial charge < -0.3 is 0 Å². The van der Waals surface area contributed by atoms with Crippen molar-refractivity contribution in [3.05, 3.63) is 53.2 Å². The number of nitrogens with zero attached hydrogens (tertiary/aromatic N) is 3. The maximum Gasteiger partial charge on any atom is 0.416 e. The van der Waals surface area contributed by atoms with Gasteiger partial charge in [-0.15, -0.1) is 0 Å². The second-order valence-electron chi connectivity index (χ2n) is 10.9. The van der Waals surface area contributed by atoms with Crippen molar-refractivity contribution in [1.29, 1.82) is 0 Å². The zero-order valence-electron chi connectivity index (χ0n) is 19.2. The summed E-state index contributed by atoms with van der Waals surface area (Å²) in [5, 5.41) is 4.69. The molecule has 3 heterocycles. The Balaban J connectivity index is 1.22. The molecular formula is C25H28F3N3O2S. The van der Waals surface area contributed by atoms with Gasteiger partial charge in [-0.05, 0) is 57.4 Å².